The quantitative estimate of drug-likeness (QED) is 0.471. The Morgan fingerprint density at radius 1 is 0.880 bits per heavy atom. The van der Waals surface area contributed by atoms with Crippen LogP contribution in [0.1, 0.15) is 54.9 Å². The van der Waals surface area contributed by atoms with E-state index in [1.165, 1.54) is 0 Å². The highest BCUT2D eigenvalue weighted by Gasteiger charge is 2.47. The fourth-order valence-corrected chi connectivity index (χ4v) is 5.22. The molecule has 0 amide bonds. The zero-order valence-electron chi connectivity index (χ0n) is 18.4. The van der Waals surface area contributed by atoms with Gasteiger partial charge in [-0.15, -0.1) is 0 Å². The normalized spacial score (nSPS) is 25.0. The van der Waals surface area contributed by atoms with Crippen LogP contribution in [0.25, 0.3) is 0 Å². The summed E-state index contributed by atoms with van der Waals surface area (Å²) in [6, 6.07) is 0. The number of rotatable bonds is 8. The molecule has 0 unspecified atom stereocenters. The highest BCUT2D eigenvalue weighted by atomic mass is 28.4. The minimum Gasteiger partial charge on any atom is -0.412 e. The minimum atomic E-state index is -1.91. The highest BCUT2D eigenvalue weighted by Crippen LogP contribution is 2.41. The van der Waals surface area contributed by atoms with E-state index in [0.29, 0.717) is 0 Å². The van der Waals surface area contributed by atoms with Gasteiger partial charge < -0.3 is 18.7 Å². The summed E-state index contributed by atoms with van der Waals surface area (Å²) in [5, 5.41) is 9.63. The van der Waals surface area contributed by atoms with Crippen LogP contribution in [0.15, 0.2) is 0 Å². The molecule has 0 aromatic carbocycles. The monoisotopic (exact) mass is 390 g/mol. The van der Waals surface area contributed by atoms with Gasteiger partial charge in [0.25, 0.3) is 0 Å². The molecule has 0 radical (unpaired) electrons. The third-order valence-corrected chi connectivity index (χ3v) is 15.5. The number of aliphatic hydroxyl groups excluding tert-OH is 1. The first-order chi connectivity index (χ1) is 11.0. The van der Waals surface area contributed by atoms with Crippen LogP contribution in [-0.4, -0.2) is 52.8 Å². The molecule has 1 heterocycles. The molecule has 6 heteroatoms. The van der Waals surface area contributed by atoms with Gasteiger partial charge in [-0.05, 0) is 43.2 Å². The Labute approximate surface area is 157 Å². The summed E-state index contributed by atoms with van der Waals surface area (Å²) in [6.45, 7) is 25.0. The average Bonchev–Trinajstić information content (AvgIpc) is 3.12. The molecule has 0 saturated carbocycles. The fourth-order valence-electron chi connectivity index (χ4n) is 2.38. The van der Waals surface area contributed by atoms with Crippen molar-refractivity contribution in [2.75, 3.05) is 6.61 Å². The fraction of sp³-hybridized carbons (Fsp3) is 1.00. The molecule has 1 fully saturated rings. The Morgan fingerprint density at radius 3 is 1.68 bits per heavy atom. The van der Waals surface area contributed by atoms with E-state index >= 15 is 0 Å². The maximum atomic E-state index is 9.30. The Bertz CT molecular complexity index is 438. The van der Waals surface area contributed by atoms with Crippen LogP contribution >= 0.6 is 0 Å². The number of hydrogen-bond donors (Lipinski definition) is 1. The third-order valence-electron chi connectivity index (χ3n) is 6.39. The van der Waals surface area contributed by atoms with E-state index in [9.17, 15) is 5.11 Å². The molecule has 0 bridgehead atoms. The van der Waals surface area contributed by atoms with Crippen molar-refractivity contribution >= 4 is 16.6 Å². The molecule has 1 N–H and O–H groups in total. The van der Waals surface area contributed by atoms with Gasteiger partial charge in [-0.25, -0.2) is 0 Å². The van der Waals surface area contributed by atoms with Crippen molar-refractivity contribution in [3.63, 3.8) is 0 Å². The van der Waals surface area contributed by atoms with Crippen molar-refractivity contribution in [1.82, 2.24) is 0 Å². The van der Waals surface area contributed by atoms with Gasteiger partial charge in [0.15, 0.2) is 16.6 Å². The van der Waals surface area contributed by atoms with E-state index in [-0.39, 0.29) is 41.1 Å². The molecule has 4 nitrogen and oxygen atoms in total. The second-order valence-corrected chi connectivity index (χ2v) is 20.1. The van der Waals surface area contributed by atoms with Gasteiger partial charge in [-0.1, -0.05) is 41.5 Å². The number of aliphatic hydroxyl groups is 1. The molecule has 0 spiro atoms. The van der Waals surface area contributed by atoms with Crippen molar-refractivity contribution in [2.24, 2.45) is 0 Å². The molecule has 4 atom stereocenters. The van der Waals surface area contributed by atoms with Crippen LogP contribution in [0.4, 0.5) is 0 Å². The summed E-state index contributed by atoms with van der Waals surface area (Å²) in [6.07, 6.45) is 0.916. The Kier molecular flexibility index (Phi) is 7.20. The van der Waals surface area contributed by atoms with Gasteiger partial charge in [-0.3, -0.25) is 0 Å². The zero-order chi connectivity index (χ0) is 19.8. The van der Waals surface area contributed by atoms with Crippen LogP contribution < -0.4 is 0 Å². The smallest absolute Gasteiger partial charge is 0.192 e. The van der Waals surface area contributed by atoms with Gasteiger partial charge in [0, 0.05) is 6.42 Å². The zero-order valence-corrected chi connectivity index (χ0v) is 20.4. The molecule has 1 saturated heterocycles. The summed E-state index contributed by atoms with van der Waals surface area (Å²) < 4.78 is 19.0. The molecule has 1 aliphatic heterocycles. The highest BCUT2D eigenvalue weighted by molar-refractivity contribution is 6.74. The lowest BCUT2D eigenvalue weighted by atomic mass is 10.1. The van der Waals surface area contributed by atoms with Crippen molar-refractivity contribution < 1.29 is 18.7 Å². The van der Waals surface area contributed by atoms with Crippen LogP contribution in [-0.2, 0) is 13.6 Å². The molecular formula is C19H42O4Si2. The summed E-state index contributed by atoms with van der Waals surface area (Å²) >= 11 is 0. The van der Waals surface area contributed by atoms with Crippen molar-refractivity contribution in [2.45, 2.75) is 116 Å². The van der Waals surface area contributed by atoms with Crippen LogP contribution in [0, 0.1) is 0 Å². The molecule has 0 aromatic heterocycles. The first-order valence-electron chi connectivity index (χ1n) is 9.64. The van der Waals surface area contributed by atoms with Crippen molar-refractivity contribution in [3.05, 3.63) is 0 Å². The number of epoxide rings is 1. The average molecular weight is 391 g/mol. The molecule has 1 aliphatic rings. The maximum Gasteiger partial charge on any atom is 0.192 e. The first-order valence-corrected chi connectivity index (χ1v) is 15.5. The van der Waals surface area contributed by atoms with Gasteiger partial charge >= 0.3 is 0 Å². The molecular weight excluding hydrogens is 348 g/mol. The molecule has 150 valence electrons. The lowest BCUT2D eigenvalue weighted by Crippen LogP contribution is -2.51. The topological polar surface area (TPSA) is 51.2 Å². The van der Waals surface area contributed by atoms with Gasteiger partial charge in [0.1, 0.15) is 6.10 Å². The van der Waals surface area contributed by atoms with Gasteiger partial charge in [0.2, 0.25) is 0 Å². The lowest BCUT2D eigenvalue weighted by Gasteiger charge is -2.44. The van der Waals surface area contributed by atoms with Gasteiger partial charge in [-0.2, -0.15) is 0 Å². The predicted molar refractivity (Wildman–Crippen MR) is 110 cm³/mol. The van der Waals surface area contributed by atoms with E-state index < -0.39 is 16.6 Å². The second kappa shape index (κ2) is 7.72. The summed E-state index contributed by atoms with van der Waals surface area (Å²) in [5.41, 5.74) is 0. The number of hydrogen-bond acceptors (Lipinski definition) is 4. The second-order valence-electron chi connectivity index (χ2n) is 10.6. The molecule has 25 heavy (non-hydrogen) atoms. The van der Waals surface area contributed by atoms with Crippen molar-refractivity contribution in [1.29, 1.82) is 0 Å². The Morgan fingerprint density at radius 2 is 1.32 bits per heavy atom. The standard InChI is InChI=1S/C19H42O4Si2/c1-14(22-24(8,9)18(2,3)4)15(12-16-17(13-20)21-16)23-25(10,11)19(5,6)7/h14-17,20H,12-13H2,1-11H3/t14-,15-,16-,17-/m1/s1. The Balaban J connectivity index is 2.90. The van der Waals surface area contributed by atoms with Crippen LogP contribution in [0.5, 0.6) is 0 Å². The predicted octanol–water partition coefficient (Wildman–Crippen LogP) is 4.94. The van der Waals surface area contributed by atoms with Crippen LogP contribution in [0.3, 0.4) is 0 Å². The SMILES string of the molecule is C[C@@H](O[Si](C)(C)C(C)(C)C)[C@@H](C[C@H]1O[C@@H]1CO)O[Si](C)(C)C(C)(C)C. The molecule has 0 aromatic rings. The minimum absolute atomic E-state index is 0.0107. The van der Waals surface area contributed by atoms with E-state index in [0.717, 1.165) is 6.42 Å². The van der Waals surface area contributed by atoms with Crippen molar-refractivity contribution in [3.8, 4) is 0 Å². The lowest BCUT2D eigenvalue weighted by molar-refractivity contribution is 0.0366. The summed E-state index contributed by atoms with van der Waals surface area (Å²) in [4.78, 5) is 0. The van der Waals surface area contributed by atoms with E-state index in [1.807, 2.05) is 0 Å². The molecule has 1 rings (SSSR count). The Hall–Kier alpha value is 0.274. The third kappa shape index (κ3) is 6.14. The van der Waals surface area contributed by atoms with E-state index in [4.69, 9.17) is 13.6 Å². The van der Waals surface area contributed by atoms with E-state index in [2.05, 4.69) is 74.7 Å². The van der Waals surface area contributed by atoms with Gasteiger partial charge in [0.05, 0.1) is 24.9 Å². The van der Waals surface area contributed by atoms with Crippen LogP contribution in [0.2, 0.25) is 36.3 Å². The molecule has 0 aliphatic carbocycles. The maximum absolute atomic E-state index is 9.30. The first kappa shape index (κ1) is 23.3. The summed E-state index contributed by atoms with van der Waals surface area (Å²) in [7, 11) is -3.77. The van der Waals surface area contributed by atoms with E-state index in [1.54, 1.807) is 0 Å². The number of ether oxygens (including phenoxy) is 1. The largest absolute Gasteiger partial charge is 0.412 e. The summed E-state index contributed by atoms with van der Waals surface area (Å²) in [5.74, 6) is 0.